The predicted octanol–water partition coefficient (Wildman–Crippen LogP) is 1.49. The third-order valence-electron chi connectivity index (χ3n) is 3.42. The van der Waals surface area contributed by atoms with E-state index in [1.54, 1.807) is 13.1 Å². The van der Waals surface area contributed by atoms with Crippen molar-refractivity contribution in [2.75, 3.05) is 18.0 Å². The number of pyridine rings is 1. The Balaban J connectivity index is 2.04. The molecule has 2 heterocycles. The molecule has 2 N–H and O–H groups in total. The van der Waals surface area contributed by atoms with Gasteiger partial charge in [0.05, 0.1) is 11.7 Å². The monoisotopic (exact) mass is 236 g/mol. The molecule has 1 aromatic heterocycles. The zero-order valence-corrected chi connectivity index (χ0v) is 10.4. The lowest BCUT2D eigenvalue weighted by Crippen LogP contribution is -2.42. The van der Waals surface area contributed by atoms with E-state index in [1.807, 2.05) is 19.1 Å². The molecule has 0 amide bonds. The number of hydrogen-bond donors (Lipinski definition) is 2. The summed E-state index contributed by atoms with van der Waals surface area (Å²) in [7, 11) is 0. The average molecular weight is 236 g/mol. The highest BCUT2D eigenvalue weighted by Crippen LogP contribution is 2.25. The zero-order chi connectivity index (χ0) is 12.5. The highest BCUT2D eigenvalue weighted by Gasteiger charge is 2.27. The number of aliphatic hydroxyl groups is 2. The van der Waals surface area contributed by atoms with Crippen LogP contribution in [0.1, 0.15) is 38.4 Å². The number of aliphatic hydroxyl groups excluding tert-OH is 1. The fraction of sp³-hybridized carbons (Fsp3) is 0.615. The fourth-order valence-corrected chi connectivity index (χ4v) is 2.05. The van der Waals surface area contributed by atoms with Crippen LogP contribution in [0.5, 0.6) is 0 Å². The quantitative estimate of drug-likeness (QED) is 0.816. The van der Waals surface area contributed by atoms with Crippen molar-refractivity contribution in [3.8, 4) is 0 Å². The maximum absolute atomic E-state index is 9.88. The van der Waals surface area contributed by atoms with E-state index in [4.69, 9.17) is 0 Å². The maximum atomic E-state index is 9.88. The van der Waals surface area contributed by atoms with E-state index in [9.17, 15) is 10.2 Å². The van der Waals surface area contributed by atoms with Crippen LogP contribution in [0.2, 0.25) is 0 Å². The molecule has 17 heavy (non-hydrogen) atoms. The summed E-state index contributed by atoms with van der Waals surface area (Å²) in [5.74, 6) is 0.921. The molecule has 0 radical (unpaired) electrons. The summed E-state index contributed by atoms with van der Waals surface area (Å²) in [5, 5.41) is 19.3. The van der Waals surface area contributed by atoms with Crippen molar-refractivity contribution >= 4 is 5.82 Å². The Morgan fingerprint density at radius 2 is 2.00 bits per heavy atom. The molecule has 0 bridgehead atoms. The first-order valence-corrected chi connectivity index (χ1v) is 6.09. The van der Waals surface area contributed by atoms with Crippen LogP contribution in [0.4, 0.5) is 5.82 Å². The Morgan fingerprint density at radius 1 is 1.35 bits per heavy atom. The van der Waals surface area contributed by atoms with E-state index >= 15 is 0 Å². The van der Waals surface area contributed by atoms with Crippen LogP contribution in [-0.4, -0.2) is 33.9 Å². The van der Waals surface area contributed by atoms with E-state index in [2.05, 4.69) is 9.88 Å². The highest BCUT2D eigenvalue weighted by atomic mass is 16.3. The van der Waals surface area contributed by atoms with Gasteiger partial charge in [-0.3, -0.25) is 0 Å². The first-order chi connectivity index (χ1) is 7.98. The molecule has 1 aliphatic rings. The summed E-state index contributed by atoms with van der Waals surface area (Å²) in [6, 6.07) is 3.84. The number of piperidine rings is 1. The average Bonchev–Trinajstić information content (AvgIpc) is 2.29. The van der Waals surface area contributed by atoms with Crippen molar-refractivity contribution in [3.05, 3.63) is 23.9 Å². The standard InChI is InChI=1S/C13H20N2O2/c1-10(16)11-3-4-12(14-9-11)15-7-5-13(2,17)6-8-15/h3-4,9-10,16-17H,5-8H2,1-2H3/t10-/m1/s1. The Bertz CT molecular complexity index is 364. The molecule has 4 heteroatoms. The first kappa shape index (κ1) is 12.3. The molecular formula is C13H20N2O2. The molecule has 0 aromatic carbocycles. The van der Waals surface area contributed by atoms with E-state index in [-0.39, 0.29) is 0 Å². The summed E-state index contributed by atoms with van der Waals surface area (Å²) in [6.07, 6.45) is 2.78. The molecule has 1 aliphatic heterocycles. The molecule has 0 saturated carbocycles. The van der Waals surface area contributed by atoms with E-state index < -0.39 is 11.7 Å². The Labute approximate surface area is 102 Å². The fourth-order valence-electron chi connectivity index (χ4n) is 2.05. The smallest absolute Gasteiger partial charge is 0.128 e. The Kier molecular flexibility index (Phi) is 3.35. The van der Waals surface area contributed by atoms with Crippen LogP contribution in [0.25, 0.3) is 0 Å². The molecule has 0 spiro atoms. The SMILES string of the molecule is C[C@@H](O)c1ccc(N2CCC(C)(O)CC2)nc1. The largest absolute Gasteiger partial charge is 0.390 e. The minimum atomic E-state index is -0.532. The van der Waals surface area contributed by atoms with Gasteiger partial charge in [-0.05, 0) is 38.3 Å². The van der Waals surface area contributed by atoms with Gasteiger partial charge in [0, 0.05) is 19.3 Å². The topological polar surface area (TPSA) is 56.6 Å². The summed E-state index contributed by atoms with van der Waals surface area (Å²) < 4.78 is 0. The van der Waals surface area contributed by atoms with Crippen molar-refractivity contribution in [3.63, 3.8) is 0 Å². The molecule has 0 unspecified atom stereocenters. The van der Waals surface area contributed by atoms with Crippen LogP contribution in [0, 0.1) is 0 Å². The van der Waals surface area contributed by atoms with Gasteiger partial charge in [-0.25, -0.2) is 4.98 Å². The number of nitrogens with zero attached hydrogens (tertiary/aromatic N) is 2. The number of hydrogen-bond acceptors (Lipinski definition) is 4. The van der Waals surface area contributed by atoms with Crippen molar-refractivity contribution < 1.29 is 10.2 Å². The molecule has 1 atom stereocenters. The molecular weight excluding hydrogens is 216 g/mol. The lowest BCUT2D eigenvalue weighted by Gasteiger charge is -2.36. The molecule has 0 aliphatic carbocycles. The summed E-state index contributed by atoms with van der Waals surface area (Å²) in [5.41, 5.74) is 0.300. The van der Waals surface area contributed by atoms with Crippen molar-refractivity contribution in [1.29, 1.82) is 0 Å². The molecule has 1 aromatic rings. The highest BCUT2D eigenvalue weighted by molar-refractivity contribution is 5.40. The lowest BCUT2D eigenvalue weighted by atomic mass is 9.94. The first-order valence-electron chi connectivity index (χ1n) is 6.09. The molecule has 94 valence electrons. The van der Waals surface area contributed by atoms with Gasteiger partial charge in [0.15, 0.2) is 0 Å². The second kappa shape index (κ2) is 4.63. The lowest BCUT2D eigenvalue weighted by molar-refractivity contribution is 0.0350. The van der Waals surface area contributed by atoms with Crippen LogP contribution in [0.3, 0.4) is 0 Å². The van der Waals surface area contributed by atoms with E-state index in [1.165, 1.54) is 0 Å². The van der Waals surface area contributed by atoms with Crippen LogP contribution in [0.15, 0.2) is 18.3 Å². The van der Waals surface area contributed by atoms with Crippen molar-refractivity contribution in [2.45, 2.75) is 38.4 Å². The van der Waals surface area contributed by atoms with Gasteiger partial charge in [0.1, 0.15) is 5.82 Å². The number of rotatable bonds is 2. The summed E-state index contributed by atoms with van der Waals surface area (Å²) in [6.45, 7) is 5.27. The van der Waals surface area contributed by atoms with E-state index in [0.29, 0.717) is 0 Å². The van der Waals surface area contributed by atoms with Crippen LogP contribution in [-0.2, 0) is 0 Å². The van der Waals surface area contributed by atoms with Gasteiger partial charge in [0.2, 0.25) is 0 Å². The third kappa shape index (κ3) is 2.96. The second-order valence-electron chi connectivity index (χ2n) is 5.11. The summed E-state index contributed by atoms with van der Waals surface area (Å²) >= 11 is 0. The number of aromatic nitrogens is 1. The zero-order valence-electron chi connectivity index (χ0n) is 10.4. The van der Waals surface area contributed by atoms with Gasteiger partial charge >= 0.3 is 0 Å². The normalized spacial score (nSPS) is 21.3. The van der Waals surface area contributed by atoms with Gasteiger partial charge in [-0.1, -0.05) is 6.07 Å². The van der Waals surface area contributed by atoms with E-state index in [0.717, 1.165) is 37.3 Å². The second-order valence-corrected chi connectivity index (χ2v) is 5.11. The molecule has 2 rings (SSSR count). The molecule has 1 fully saturated rings. The van der Waals surface area contributed by atoms with Crippen molar-refractivity contribution in [2.24, 2.45) is 0 Å². The van der Waals surface area contributed by atoms with Crippen molar-refractivity contribution in [1.82, 2.24) is 4.98 Å². The Morgan fingerprint density at radius 3 is 2.47 bits per heavy atom. The van der Waals surface area contributed by atoms with Gasteiger partial charge in [0.25, 0.3) is 0 Å². The molecule has 4 nitrogen and oxygen atoms in total. The maximum Gasteiger partial charge on any atom is 0.128 e. The predicted molar refractivity (Wildman–Crippen MR) is 66.9 cm³/mol. The minimum Gasteiger partial charge on any atom is -0.390 e. The summed E-state index contributed by atoms with van der Waals surface area (Å²) in [4.78, 5) is 6.53. The van der Waals surface area contributed by atoms with Gasteiger partial charge in [-0.15, -0.1) is 0 Å². The van der Waals surface area contributed by atoms with Gasteiger partial charge in [-0.2, -0.15) is 0 Å². The van der Waals surface area contributed by atoms with Crippen LogP contribution >= 0.6 is 0 Å². The number of anilines is 1. The minimum absolute atomic E-state index is 0.473. The Hall–Kier alpha value is -1.13. The van der Waals surface area contributed by atoms with Crippen LogP contribution < -0.4 is 4.90 Å². The molecule has 1 saturated heterocycles. The van der Waals surface area contributed by atoms with Gasteiger partial charge < -0.3 is 15.1 Å². The third-order valence-corrected chi connectivity index (χ3v) is 3.42.